The third-order valence-electron chi connectivity index (χ3n) is 3.27. The molecule has 4 heteroatoms. The van der Waals surface area contributed by atoms with Crippen LogP contribution in [0.3, 0.4) is 0 Å². The molecule has 0 aromatic rings. The Morgan fingerprint density at radius 3 is 2.53 bits per heavy atom. The molecular weight excluding hydrogens is 214 g/mol. The van der Waals surface area contributed by atoms with E-state index < -0.39 is 0 Å². The van der Waals surface area contributed by atoms with Crippen molar-refractivity contribution in [2.75, 3.05) is 33.2 Å². The first-order valence-corrected chi connectivity index (χ1v) is 6.78. The second-order valence-corrected chi connectivity index (χ2v) is 5.35. The molecule has 100 valence electrons. The summed E-state index contributed by atoms with van der Waals surface area (Å²) in [5.74, 6) is 0.877. The molecule has 2 N–H and O–H groups in total. The normalized spacial score (nSPS) is 18.6. The van der Waals surface area contributed by atoms with E-state index in [0.717, 1.165) is 12.5 Å². The van der Waals surface area contributed by atoms with E-state index in [4.69, 9.17) is 0 Å². The molecule has 0 radical (unpaired) electrons. The monoisotopic (exact) mass is 241 g/mol. The number of piperidine rings is 1. The zero-order valence-electron chi connectivity index (χ0n) is 11.5. The van der Waals surface area contributed by atoms with Crippen LogP contribution in [0.4, 0.5) is 0 Å². The Labute approximate surface area is 105 Å². The predicted molar refractivity (Wildman–Crippen MR) is 71.0 cm³/mol. The summed E-state index contributed by atoms with van der Waals surface area (Å²) < 4.78 is 0. The molecule has 17 heavy (non-hydrogen) atoms. The van der Waals surface area contributed by atoms with Gasteiger partial charge in [-0.15, -0.1) is 0 Å². The quantitative estimate of drug-likeness (QED) is 0.724. The second-order valence-electron chi connectivity index (χ2n) is 5.35. The van der Waals surface area contributed by atoms with Crippen molar-refractivity contribution in [2.45, 2.75) is 39.2 Å². The van der Waals surface area contributed by atoms with E-state index in [-0.39, 0.29) is 5.91 Å². The SMILES string of the molecule is CNC(=O)CCNC1CCN(CC(C)C)CC1. The van der Waals surface area contributed by atoms with Crippen molar-refractivity contribution in [3.05, 3.63) is 0 Å². The highest BCUT2D eigenvalue weighted by Crippen LogP contribution is 2.11. The van der Waals surface area contributed by atoms with E-state index in [1.807, 2.05) is 0 Å². The second kappa shape index (κ2) is 7.67. The molecule has 1 aliphatic heterocycles. The van der Waals surface area contributed by atoms with Crippen molar-refractivity contribution < 1.29 is 4.79 Å². The molecule has 4 nitrogen and oxygen atoms in total. The fourth-order valence-corrected chi connectivity index (χ4v) is 2.35. The lowest BCUT2D eigenvalue weighted by Gasteiger charge is -2.33. The van der Waals surface area contributed by atoms with E-state index >= 15 is 0 Å². The van der Waals surface area contributed by atoms with Gasteiger partial charge >= 0.3 is 0 Å². The Morgan fingerprint density at radius 2 is 2.00 bits per heavy atom. The first-order valence-electron chi connectivity index (χ1n) is 6.78. The van der Waals surface area contributed by atoms with Crippen molar-refractivity contribution >= 4 is 5.91 Å². The molecule has 0 aliphatic carbocycles. The lowest BCUT2D eigenvalue weighted by molar-refractivity contribution is -0.120. The molecule has 1 rings (SSSR count). The number of hydrogen-bond acceptors (Lipinski definition) is 3. The highest BCUT2D eigenvalue weighted by atomic mass is 16.1. The maximum atomic E-state index is 11.1. The summed E-state index contributed by atoms with van der Waals surface area (Å²) in [5.41, 5.74) is 0. The Bertz CT molecular complexity index is 223. The average molecular weight is 241 g/mol. The fourth-order valence-electron chi connectivity index (χ4n) is 2.35. The Balaban J connectivity index is 2.08. The van der Waals surface area contributed by atoms with E-state index in [0.29, 0.717) is 12.5 Å². The van der Waals surface area contributed by atoms with Crippen LogP contribution < -0.4 is 10.6 Å². The molecule has 0 atom stereocenters. The number of carbonyl (C=O) groups is 1. The summed E-state index contributed by atoms with van der Waals surface area (Å²) in [5, 5.41) is 6.12. The van der Waals surface area contributed by atoms with Crippen LogP contribution in [-0.4, -0.2) is 50.1 Å². The summed E-state index contributed by atoms with van der Waals surface area (Å²) in [6.45, 7) is 8.94. The lowest BCUT2D eigenvalue weighted by atomic mass is 10.0. The summed E-state index contributed by atoms with van der Waals surface area (Å²) in [4.78, 5) is 13.6. The number of nitrogens with zero attached hydrogens (tertiary/aromatic N) is 1. The minimum absolute atomic E-state index is 0.120. The van der Waals surface area contributed by atoms with E-state index in [9.17, 15) is 4.79 Å². The van der Waals surface area contributed by atoms with Crippen LogP contribution in [0.1, 0.15) is 33.1 Å². The van der Waals surface area contributed by atoms with Gasteiger partial charge in [0.05, 0.1) is 0 Å². The van der Waals surface area contributed by atoms with Gasteiger partial charge < -0.3 is 15.5 Å². The number of rotatable bonds is 6. The Hall–Kier alpha value is -0.610. The Kier molecular flexibility index (Phi) is 6.52. The first kappa shape index (κ1) is 14.5. The molecule has 0 unspecified atom stereocenters. The van der Waals surface area contributed by atoms with Crippen LogP contribution in [-0.2, 0) is 4.79 Å². The summed E-state index contributed by atoms with van der Waals surface area (Å²) in [6, 6.07) is 0.600. The number of carbonyl (C=O) groups excluding carboxylic acids is 1. The van der Waals surface area contributed by atoms with Crippen molar-refractivity contribution in [3.8, 4) is 0 Å². The van der Waals surface area contributed by atoms with Gasteiger partial charge in [0.25, 0.3) is 0 Å². The van der Waals surface area contributed by atoms with Gasteiger partial charge in [0.2, 0.25) is 5.91 Å². The first-order chi connectivity index (χ1) is 8.11. The van der Waals surface area contributed by atoms with Crippen LogP contribution in [0.5, 0.6) is 0 Å². The van der Waals surface area contributed by atoms with Crippen molar-refractivity contribution in [2.24, 2.45) is 5.92 Å². The van der Waals surface area contributed by atoms with Gasteiger partial charge in [-0.2, -0.15) is 0 Å². The summed E-state index contributed by atoms with van der Waals surface area (Å²) in [7, 11) is 1.69. The maximum absolute atomic E-state index is 11.1. The summed E-state index contributed by atoms with van der Waals surface area (Å²) >= 11 is 0. The average Bonchev–Trinajstić information content (AvgIpc) is 2.30. The molecule has 0 saturated carbocycles. The Morgan fingerprint density at radius 1 is 1.35 bits per heavy atom. The highest BCUT2D eigenvalue weighted by Gasteiger charge is 2.18. The standard InChI is InChI=1S/C13H27N3O/c1-11(2)10-16-8-5-12(6-9-16)15-7-4-13(17)14-3/h11-12,15H,4-10H2,1-3H3,(H,14,17). The summed E-state index contributed by atoms with van der Waals surface area (Å²) in [6.07, 6.45) is 3.00. The maximum Gasteiger partial charge on any atom is 0.221 e. The smallest absolute Gasteiger partial charge is 0.221 e. The minimum atomic E-state index is 0.120. The molecule has 0 aromatic heterocycles. The largest absolute Gasteiger partial charge is 0.359 e. The van der Waals surface area contributed by atoms with E-state index in [1.165, 1.54) is 32.5 Å². The van der Waals surface area contributed by atoms with Gasteiger partial charge in [0.15, 0.2) is 0 Å². The van der Waals surface area contributed by atoms with E-state index in [1.54, 1.807) is 7.05 Å². The molecule has 1 aliphatic rings. The molecule has 0 bridgehead atoms. The van der Waals surface area contributed by atoms with Crippen LogP contribution >= 0.6 is 0 Å². The fraction of sp³-hybridized carbons (Fsp3) is 0.923. The molecule has 1 fully saturated rings. The number of likely N-dealkylation sites (tertiary alicyclic amines) is 1. The van der Waals surface area contributed by atoms with Gasteiger partial charge in [-0.1, -0.05) is 13.8 Å². The number of nitrogens with one attached hydrogen (secondary N) is 2. The van der Waals surface area contributed by atoms with Crippen LogP contribution in [0.15, 0.2) is 0 Å². The molecule has 1 saturated heterocycles. The zero-order chi connectivity index (χ0) is 12.7. The van der Waals surface area contributed by atoms with Gasteiger partial charge in [-0.25, -0.2) is 0 Å². The van der Waals surface area contributed by atoms with Gasteiger partial charge in [-0.3, -0.25) is 4.79 Å². The van der Waals surface area contributed by atoms with Crippen LogP contribution in [0, 0.1) is 5.92 Å². The molecule has 0 spiro atoms. The third kappa shape index (κ3) is 6.03. The molecule has 1 heterocycles. The zero-order valence-corrected chi connectivity index (χ0v) is 11.5. The van der Waals surface area contributed by atoms with Gasteiger partial charge in [0.1, 0.15) is 0 Å². The van der Waals surface area contributed by atoms with Gasteiger partial charge in [0, 0.05) is 32.6 Å². The minimum Gasteiger partial charge on any atom is -0.359 e. The highest BCUT2D eigenvalue weighted by molar-refractivity contribution is 5.75. The lowest BCUT2D eigenvalue weighted by Crippen LogP contribution is -2.44. The van der Waals surface area contributed by atoms with Crippen molar-refractivity contribution in [1.82, 2.24) is 15.5 Å². The van der Waals surface area contributed by atoms with Crippen molar-refractivity contribution in [1.29, 1.82) is 0 Å². The van der Waals surface area contributed by atoms with Crippen LogP contribution in [0.25, 0.3) is 0 Å². The molecular formula is C13H27N3O. The van der Waals surface area contributed by atoms with Gasteiger partial charge in [-0.05, 0) is 31.8 Å². The van der Waals surface area contributed by atoms with Crippen molar-refractivity contribution in [3.63, 3.8) is 0 Å². The van der Waals surface area contributed by atoms with E-state index in [2.05, 4.69) is 29.4 Å². The van der Waals surface area contributed by atoms with Crippen LogP contribution in [0.2, 0.25) is 0 Å². The number of hydrogen-bond donors (Lipinski definition) is 2. The molecule has 0 aromatic carbocycles. The third-order valence-corrected chi connectivity index (χ3v) is 3.27. The predicted octanol–water partition coefficient (Wildman–Crippen LogP) is 0.833. The number of amides is 1. The topological polar surface area (TPSA) is 44.4 Å². The molecule has 1 amide bonds.